The monoisotopic (exact) mass is 234 g/mol. The van der Waals surface area contributed by atoms with Gasteiger partial charge >= 0.3 is 5.97 Å². The van der Waals surface area contributed by atoms with Gasteiger partial charge in [0.2, 0.25) is 0 Å². The molecule has 2 rings (SSSR count). The number of carbonyl (C=O) groups is 1. The van der Waals surface area contributed by atoms with E-state index in [2.05, 4.69) is 20.1 Å². The summed E-state index contributed by atoms with van der Waals surface area (Å²) in [4.78, 5) is 11.7. The van der Waals surface area contributed by atoms with Crippen LogP contribution in [0.3, 0.4) is 0 Å². The second kappa shape index (κ2) is 4.01. The highest BCUT2D eigenvalue weighted by molar-refractivity contribution is 5.75. The highest BCUT2D eigenvalue weighted by atomic mass is 16.6. The van der Waals surface area contributed by atoms with E-state index in [1.807, 2.05) is 19.9 Å². The molecule has 1 heterocycles. The Bertz CT molecular complexity index is 371. The van der Waals surface area contributed by atoms with E-state index in [0.29, 0.717) is 5.92 Å². The molecule has 0 bridgehead atoms. The maximum atomic E-state index is 11.7. The molecule has 0 aromatic heterocycles. The smallest absolute Gasteiger partial charge is 0.309 e. The summed E-state index contributed by atoms with van der Waals surface area (Å²) in [7, 11) is 0. The van der Waals surface area contributed by atoms with Crippen molar-refractivity contribution in [1.82, 2.24) is 0 Å². The van der Waals surface area contributed by atoms with Crippen LogP contribution in [-0.4, -0.2) is 12.1 Å². The molecule has 1 aliphatic carbocycles. The van der Waals surface area contributed by atoms with Crippen molar-refractivity contribution < 1.29 is 9.53 Å². The number of carbonyl (C=O) groups excluding carboxylic acids is 1. The van der Waals surface area contributed by atoms with Crippen molar-refractivity contribution in [2.75, 3.05) is 0 Å². The van der Waals surface area contributed by atoms with Crippen LogP contribution in [0, 0.1) is 23.2 Å². The van der Waals surface area contributed by atoms with Gasteiger partial charge in [-0.25, -0.2) is 0 Å². The Balaban J connectivity index is 2.36. The molecule has 5 atom stereocenters. The molecule has 0 amide bonds. The average molecular weight is 234 g/mol. The molecule has 1 saturated carbocycles. The van der Waals surface area contributed by atoms with Crippen LogP contribution >= 0.6 is 0 Å². The van der Waals surface area contributed by atoms with E-state index in [9.17, 15) is 4.79 Å². The van der Waals surface area contributed by atoms with Crippen molar-refractivity contribution in [3.8, 4) is 0 Å². The summed E-state index contributed by atoms with van der Waals surface area (Å²) in [5, 5.41) is 0. The van der Waals surface area contributed by atoms with Crippen LogP contribution in [0.5, 0.6) is 0 Å². The van der Waals surface area contributed by atoms with Gasteiger partial charge in [-0.3, -0.25) is 4.79 Å². The summed E-state index contributed by atoms with van der Waals surface area (Å²) in [6, 6.07) is 0. The minimum Gasteiger partial charge on any atom is -0.461 e. The van der Waals surface area contributed by atoms with Crippen molar-refractivity contribution in [1.29, 1.82) is 0 Å². The topological polar surface area (TPSA) is 26.3 Å². The molecular formula is C15H22O2. The summed E-state index contributed by atoms with van der Waals surface area (Å²) >= 11 is 0. The van der Waals surface area contributed by atoms with Crippen LogP contribution in [0.2, 0.25) is 0 Å². The number of rotatable bonds is 2. The highest BCUT2D eigenvalue weighted by Gasteiger charge is 2.53. The Morgan fingerprint density at radius 2 is 2.24 bits per heavy atom. The molecule has 94 valence electrons. The largest absolute Gasteiger partial charge is 0.461 e. The molecule has 17 heavy (non-hydrogen) atoms. The number of fused-ring (bicyclic) bond motifs is 1. The van der Waals surface area contributed by atoms with Gasteiger partial charge < -0.3 is 4.74 Å². The molecule has 2 aliphatic rings. The van der Waals surface area contributed by atoms with E-state index in [1.165, 1.54) is 0 Å². The van der Waals surface area contributed by atoms with Gasteiger partial charge in [-0.2, -0.15) is 0 Å². The third-order valence-electron chi connectivity index (χ3n) is 4.74. The second-order valence-electron chi connectivity index (χ2n) is 5.93. The quantitative estimate of drug-likeness (QED) is 0.541. The number of hydrogen-bond donors (Lipinski definition) is 0. The molecule has 2 nitrogen and oxygen atoms in total. The number of allylic oxidation sites excluding steroid dienone is 1. The molecular weight excluding hydrogens is 212 g/mol. The van der Waals surface area contributed by atoms with Gasteiger partial charge in [0, 0.05) is 11.8 Å². The third kappa shape index (κ3) is 1.74. The van der Waals surface area contributed by atoms with Crippen molar-refractivity contribution in [3.63, 3.8) is 0 Å². The number of ether oxygens (including phenoxy) is 1. The minimum atomic E-state index is -0.0421. The van der Waals surface area contributed by atoms with Crippen LogP contribution in [0.1, 0.15) is 33.6 Å². The molecule has 1 aliphatic heterocycles. The summed E-state index contributed by atoms with van der Waals surface area (Å²) in [6.45, 7) is 14.3. The normalized spacial score (nSPS) is 45.0. The summed E-state index contributed by atoms with van der Waals surface area (Å²) in [5.74, 6) is 0.570. The second-order valence-corrected chi connectivity index (χ2v) is 5.93. The SMILES string of the molecule is C=C[C@]1(C)CC[C@@H]2[C@H](OC(=O)[C@H]2C)[C@H]1C(=C)C. The molecule has 0 aromatic rings. The minimum absolute atomic E-state index is 0.00625. The van der Waals surface area contributed by atoms with E-state index in [0.717, 1.165) is 18.4 Å². The van der Waals surface area contributed by atoms with Gasteiger partial charge in [0.25, 0.3) is 0 Å². The van der Waals surface area contributed by atoms with Gasteiger partial charge in [-0.1, -0.05) is 32.1 Å². The first kappa shape index (κ1) is 12.4. The lowest BCUT2D eigenvalue weighted by molar-refractivity contribution is -0.146. The van der Waals surface area contributed by atoms with E-state index >= 15 is 0 Å². The highest BCUT2D eigenvalue weighted by Crippen LogP contribution is 2.52. The first-order valence-electron chi connectivity index (χ1n) is 6.40. The zero-order valence-electron chi connectivity index (χ0n) is 11.0. The summed E-state index contributed by atoms with van der Waals surface area (Å²) in [5.41, 5.74) is 1.11. The summed E-state index contributed by atoms with van der Waals surface area (Å²) < 4.78 is 5.60. The number of esters is 1. The first-order chi connectivity index (χ1) is 7.90. The standard InChI is InChI=1S/C15H22O2/c1-6-15(5)8-7-11-10(4)14(16)17-13(11)12(15)9(2)3/h6,10-13H,1-2,7-8H2,3-5H3/t10-,11-,12+,13-,15+/m0/s1. The van der Waals surface area contributed by atoms with Crippen LogP contribution in [0.25, 0.3) is 0 Å². The Morgan fingerprint density at radius 1 is 1.59 bits per heavy atom. The Hall–Kier alpha value is -1.05. The first-order valence-corrected chi connectivity index (χ1v) is 6.40. The van der Waals surface area contributed by atoms with Crippen LogP contribution in [-0.2, 0) is 9.53 Å². The molecule has 0 radical (unpaired) electrons. The van der Waals surface area contributed by atoms with Gasteiger partial charge in [-0.05, 0) is 25.2 Å². The molecule has 2 heteroatoms. The van der Waals surface area contributed by atoms with Crippen molar-refractivity contribution in [3.05, 3.63) is 24.8 Å². The van der Waals surface area contributed by atoms with Gasteiger partial charge in [0.15, 0.2) is 0 Å². The van der Waals surface area contributed by atoms with E-state index in [-0.39, 0.29) is 29.3 Å². The molecule has 0 aromatic carbocycles. The average Bonchev–Trinajstić information content (AvgIpc) is 2.54. The molecule has 0 unspecified atom stereocenters. The fraction of sp³-hybridized carbons (Fsp3) is 0.667. The molecule has 0 N–H and O–H groups in total. The van der Waals surface area contributed by atoms with E-state index in [1.54, 1.807) is 0 Å². The van der Waals surface area contributed by atoms with Crippen molar-refractivity contribution in [2.45, 2.75) is 39.7 Å². The van der Waals surface area contributed by atoms with E-state index in [4.69, 9.17) is 4.74 Å². The van der Waals surface area contributed by atoms with Crippen molar-refractivity contribution >= 4 is 5.97 Å². The Kier molecular flexibility index (Phi) is 2.92. The zero-order chi connectivity index (χ0) is 12.8. The third-order valence-corrected chi connectivity index (χ3v) is 4.74. The lowest BCUT2D eigenvalue weighted by atomic mass is 9.59. The molecule has 0 spiro atoms. The maximum absolute atomic E-state index is 11.7. The maximum Gasteiger partial charge on any atom is 0.309 e. The van der Waals surface area contributed by atoms with Crippen LogP contribution in [0.4, 0.5) is 0 Å². The van der Waals surface area contributed by atoms with Gasteiger partial charge in [0.1, 0.15) is 6.10 Å². The van der Waals surface area contributed by atoms with Crippen LogP contribution in [0.15, 0.2) is 24.8 Å². The molecule has 2 fully saturated rings. The zero-order valence-corrected chi connectivity index (χ0v) is 11.0. The fourth-order valence-corrected chi connectivity index (χ4v) is 3.60. The fourth-order valence-electron chi connectivity index (χ4n) is 3.60. The summed E-state index contributed by atoms with van der Waals surface area (Å²) in [6.07, 6.45) is 4.13. The van der Waals surface area contributed by atoms with Crippen LogP contribution < -0.4 is 0 Å². The number of hydrogen-bond acceptors (Lipinski definition) is 2. The van der Waals surface area contributed by atoms with Gasteiger partial charge in [0.05, 0.1) is 5.92 Å². The predicted octanol–water partition coefficient (Wildman–Crippen LogP) is 3.34. The Morgan fingerprint density at radius 3 is 2.76 bits per heavy atom. The Labute approximate surface area is 104 Å². The lowest BCUT2D eigenvalue weighted by Gasteiger charge is -2.45. The lowest BCUT2D eigenvalue weighted by Crippen LogP contribution is -2.44. The van der Waals surface area contributed by atoms with E-state index < -0.39 is 0 Å². The predicted molar refractivity (Wildman–Crippen MR) is 68.4 cm³/mol. The molecule has 1 saturated heterocycles. The van der Waals surface area contributed by atoms with Gasteiger partial charge in [-0.15, -0.1) is 6.58 Å². The van der Waals surface area contributed by atoms with Crippen molar-refractivity contribution in [2.24, 2.45) is 23.2 Å².